The van der Waals surface area contributed by atoms with Crippen molar-refractivity contribution in [1.82, 2.24) is 0 Å². The number of amides is 1. The Labute approximate surface area is 195 Å². The van der Waals surface area contributed by atoms with Gasteiger partial charge in [0, 0.05) is 11.3 Å². The van der Waals surface area contributed by atoms with E-state index in [2.05, 4.69) is 5.32 Å². The smallest absolute Gasteiger partial charge is 0.255 e. The molecule has 0 radical (unpaired) electrons. The second-order valence-corrected chi connectivity index (χ2v) is 9.67. The summed E-state index contributed by atoms with van der Waals surface area (Å²) in [5.74, 6) is 0.710. The van der Waals surface area contributed by atoms with Gasteiger partial charge in [-0.2, -0.15) is 0 Å². The number of nitrogens with zero attached hydrogens (tertiary/aromatic N) is 1. The quantitative estimate of drug-likeness (QED) is 0.525. The van der Waals surface area contributed by atoms with Gasteiger partial charge in [-0.15, -0.1) is 0 Å². The topological polar surface area (TPSA) is 84.9 Å². The molecule has 0 heterocycles. The molecular formula is C25H28N2O5S. The summed E-state index contributed by atoms with van der Waals surface area (Å²) in [6.07, 6.45) is 1.19. The number of ether oxygens (including phenoxy) is 2. The Bertz CT molecular complexity index is 1250. The van der Waals surface area contributed by atoms with Crippen molar-refractivity contribution in [3.8, 4) is 11.5 Å². The van der Waals surface area contributed by atoms with Gasteiger partial charge in [0.05, 0.1) is 32.7 Å². The zero-order chi connectivity index (χ0) is 24.2. The highest BCUT2D eigenvalue weighted by atomic mass is 32.2. The number of nitrogens with one attached hydrogen (secondary N) is 1. The average molecular weight is 469 g/mol. The van der Waals surface area contributed by atoms with Crippen molar-refractivity contribution in [3.63, 3.8) is 0 Å². The van der Waals surface area contributed by atoms with Crippen molar-refractivity contribution in [1.29, 1.82) is 0 Å². The van der Waals surface area contributed by atoms with Crippen LogP contribution in [0.3, 0.4) is 0 Å². The third kappa shape index (κ3) is 5.84. The summed E-state index contributed by atoms with van der Waals surface area (Å²) in [6, 6.07) is 17.6. The molecule has 1 N–H and O–H groups in total. The van der Waals surface area contributed by atoms with Crippen LogP contribution in [0.5, 0.6) is 11.5 Å². The molecule has 0 aliphatic carbocycles. The van der Waals surface area contributed by atoms with Gasteiger partial charge in [0.15, 0.2) is 11.5 Å². The maximum Gasteiger partial charge on any atom is 0.255 e. The molecule has 7 nitrogen and oxygen atoms in total. The maximum absolute atomic E-state index is 12.6. The highest BCUT2D eigenvalue weighted by molar-refractivity contribution is 7.92. The first-order chi connectivity index (χ1) is 15.6. The third-order valence-corrected chi connectivity index (χ3v) is 6.50. The minimum absolute atomic E-state index is 0.186. The first kappa shape index (κ1) is 24.1. The number of carbonyl (C=O) groups is 1. The van der Waals surface area contributed by atoms with E-state index in [1.807, 2.05) is 26.0 Å². The number of methoxy groups -OCH3 is 2. The van der Waals surface area contributed by atoms with Crippen molar-refractivity contribution in [2.45, 2.75) is 20.4 Å². The van der Waals surface area contributed by atoms with Crippen molar-refractivity contribution in [3.05, 3.63) is 82.9 Å². The van der Waals surface area contributed by atoms with Crippen LogP contribution in [-0.2, 0) is 16.6 Å². The van der Waals surface area contributed by atoms with Crippen molar-refractivity contribution >= 4 is 27.3 Å². The molecule has 0 atom stereocenters. The predicted octanol–water partition coefficient (Wildman–Crippen LogP) is 4.54. The molecule has 0 aliphatic heterocycles. The molecule has 33 heavy (non-hydrogen) atoms. The summed E-state index contributed by atoms with van der Waals surface area (Å²) >= 11 is 0. The van der Waals surface area contributed by atoms with Crippen LogP contribution in [-0.4, -0.2) is 34.8 Å². The Hall–Kier alpha value is -3.52. The van der Waals surface area contributed by atoms with Crippen LogP contribution in [0.15, 0.2) is 60.7 Å². The molecule has 8 heteroatoms. The van der Waals surface area contributed by atoms with E-state index in [0.29, 0.717) is 28.4 Å². The number of hydrogen-bond donors (Lipinski definition) is 1. The molecule has 0 bridgehead atoms. The van der Waals surface area contributed by atoms with Gasteiger partial charge in [-0.1, -0.05) is 18.2 Å². The van der Waals surface area contributed by atoms with Crippen LogP contribution < -0.4 is 19.1 Å². The average Bonchev–Trinajstić information content (AvgIpc) is 2.79. The lowest BCUT2D eigenvalue weighted by molar-refractivity contribution is 0.102. The fraction of sp³-hybridized carbons (Fsp3) is 0.240. The molecule has 0 fully saturated rings. The normalized spacial score (nSPS) is 11.1. The lowest BCUT2D eigenvalue weighted by Gasteiger charge is -2.23. The van der Waals surface area contributed by atoms with E-state index in [-0.39, 0.29) is 12.5 Å². The van der Waals surface area contributed by atoms with Crippen LogP contribution in [0.4, 0.5) is 11.4 Å². The molecule has 0 aromatic heterocycles. The number of anilines is 2. The summed E-state index contributed by atoms with van der Waals surface area (Å²) < 4.78 is 36.7. The van der Waals surface area contributed by atoms with Gasteiger partial charge in [0.2, 0.25) is 10.0 Å². The molecule has 0 saturated carbocycles. The maximum atomic E-state index is 12.6. The number of aryl methyl sites for hydroxylation is 2. The fourth-order valence-electron chi connectivity index (χ4n) is 3.32. The van der Waals surface area contributed by atoms with E-state index in [9.17, 15) is 13.2 Å². The summed E-state index contributed by atoms with van der Waals surface area (Å²) in [7, 11) is -0.440. The van der Waals surface area contributed by atoms with E-state index in [1.54, 1.807) is 48.5 Å². The molecule has 0 unspecified atom stereocenters. The minimum atomic E-state index is -3.48. The summed E-state index contributed by atoms with van der Waals surface area (Å²) in [5.41, 5.74) is 4.55. The summed E-state index contributed by atoms with van der Waals surface area (Å²) in [5, 5.41) is 2.84. The molecule has 0 spiro atoms. The Morgan fingerprint density at radius 2 is 1.55 bits per heavy atom. The van der Waals surface area contributed by atoms with Crippen LogP contribution in [0.2, 0.25) is 0 Å². The lowest BCUT2D eigenvalue weighted by Crippen LogP contribution is -2.29. The minimum Gasteiger partial charge on any atom is -0.493 e. The molecule has 0 saturated heterocycles. The van der Waals surface area contributed by atoms with Crippen LogP contribution in [0, 0.1) is 13.8 Å². The second kappa shape index (κ2) is 9.95. The lowest BCUT2D eigenvalue weighted by atomic mass is 10.1. The van der Waals surface area contributed by atoms with Crippen LogP contribution >= 0.6 is 0 Å². The highest BCUT2D eigenvalue weighted by Crippen LogP contribution is 2.28. The molecule has 3 rings (SSSR count). The molecule has 3 aromatic rings. The Balaban J connectivity index is 1.76. The van der Waals surface area contributed by atoms with Gasteiger partial charge in [0.1, 0.15) is 0 Å². The molecular weight excluding hydrogens is 440 g/mol. The van der Waals surface area contributed by atoms with Crippen molar-refractivity contribution in [2.75, 3.05) is 30.1 Å². The predicted molar refractivity (Wildman–Crippen MR) is 131 cm³/mol. The van der Waals surface area contributed by atoms with Crippen LogP contribution in [0.25, 0.3) is 0 Å². The molecule has 1 amide bonds. The van der Waals surface area contributed by atoms with Crippen molar-refractivity contribution in [2.24, 2.45) is 0 Å². The van der Waals surface area contributed by atoms with Gasteiger partial charge in [-0.3, -0.25) is 9.10 Å². The van der Waals surface area contributed by atoms with Crippen molar-refractivity contribution < 1.29 is 22.7 Å². The Kier molecular flexibility index (Phi) is 7.28. The zero-order valence-electron chi connectivity index (χ0n) is 19.4. The number of benzene rings is 3. The Morgan fingerprint density at radius 1 is 0.879 bits per heavy atom. The molecule has 0 aliphatic rings. The van der Waals surface area contributed by atoms with Gasteiger partial charge in [-0.05, 0) is 73.0 Å². The van der Waals surface area contributed by atoms with Gasteiger partial charge in [0.25, 0.3) is 5.91 Å². The largest absolute Gasteiger partial charge is 0.493 e. The number of rotatable bonds is 8. The molecule has 174 valence electrons. The van der Waals surface area contributed by atoms with E-state index in [0.717, 1.165) is 16.7 Å². The number of sulfonamides is 1. The standard InChI is InChI=1S/C25H28N2O5S/c1-17-6-12-22(14-18(17)2)27(33(5,29)30)16-19-7-10-21(11-8-19)26-25(28)20-9-13-23(31-3)24(15-20)32-4/h6-15H,16H2,1-5H3,(H,26,28). The number of hydrogen-bond acceptors (Lipinski definition) is 5. The Morgan fingerprint density at radius 3 is 2.12 bits per heavy atom. The first-order valence-electron chi connectivity index (χ1n) is 10.3. The van der Waals surface area contributed by atoms with E-state index < -0.39 is 10.0 Å². The number of carbonyl (C=O) groups excluding carboxylic acids is 1. The third-order valence-electron chi connectivity index (χ3n) is 5.36. The van der Waals surface area contributed by atoms with E-state index >= 15 is 0 Å². The van der Waals surface area contributed by atoms with Crippen LogP contribution in [0.1, 0.15) is 27.0 Å². The highest BCUT2D eigenvalue weighted by Gasteiger charge is 2.18. The fourth-order valence-corrected chi connectivity index (χ4v) is 4.20. The second-order valence-electron chi connectivity index (χ2n) is 7.76. The monoisotopic (exact) mass is 468 g/mol. The summed E-state index contributed by atoms with van der Waals surface area (Å²) in [4.78, 5) is 12.6. The molecule has 3 aromatic carbocycles. The van der Waals surface area contributed by atoms with E-state index in [4.69, 9.17) is 9.47 Å². The first-order valence-corrected chi connectivity index (χ1v) is 12.1. The SMILES string of the molecule is COc1ccc(C(=O)Nc2ccc(CN(c3ccc(C)c(C)c3)S(C)(=O)=O)cc2)cc1OC. The van der Waals surface area contributed by atoms with E-state index in [1.165, 1.54) is 24.8 Å². The van der Waals surface area contributed by atoms with Gasteiger partial charge >= 0.3 is 0 Å². The van der Waals surface area contributed by atoms with Gasteiger partial charge in [-0.25, -0.2) is 8.42 Å². The van der Waals surface area contributed by atoms with Gasteiger partial charge < -0.3 is 14.8 Å². The zero-order valence-corrected chi connectivity index (χ0v) is 20.2. The summed E-state index contributed by atoms with van der Waals surface area (Å²) in [6.45, 7) is 4.12.